The van der Waals surface area contributed by atoms with Gasteiger partial charge in [0.2, 0.25) is 0 Å². The highest BCUT2D eigenvalue weighted by Crippen LogP contribution is 2.31. The molecule has 4 rings (SSSR count). The van der Waals surface area contributed by atoms with Crippen LogP contribution in [0, 0.1) is 6.92 Å². The Labute approximate surface area is 157 Å². The zero-order valence-corrected chi connectivity index (χ0v) is 15.8. The van der Waals surface area contributed by atoms with E-state index in [1.807, 2.05) is 0 Å². The molecule has 2 N–H and O–H groups in total. The van der Waals surface area contributed by atoms with Crippen LogP contribution in [0.25, 0.3) is 0 Å². The number of H-pyrrole nitrogens is 2. The van der Waals surface area contributed by atoms with Crippen LogP contribution in [0.2, 0.25) is 0 Å². The molecule has 1 aliphatic carbocycles. The number of rotatable bonds is 4. The SMILES string of the molecule is Cc1[nH]c(=O)[nH]c(=O)c1Cc1nc(C2CCOCC2)nn1C1CCCCC1. The quantitative estimate of drug-likeness (QED) is 0.852. The van der Waals surface area contributed by atoms with Crippen molar-refractivity contribution in [3.8, 4) is 0 Å². The van der Waals surface area contributed by atoms with E-state index in [9.17, 15) is 9.59 Å². The Kier molecular flexibility index (Phi) is 5.24. The van der Waals surface area contributed by atoms with Gasteiger partial charge in [0.05, 0.1) is 6.04 Å². The van der Waals surface area contributed by atoms with Crippen molar-refractivity contribution >= 4 is 0 Å². The molecule has 2 aromatic rings. The van der Waals surface area contributed by atoms with E-state index >= 15 is 0 Å². The van der Waals surface area contributed by atoms with Gasteiger partial charge in [0, 0.05) is 36.8 Å². The highest BCUT2D eigenvalue weighted by atomic mass is 16.5. The van der Waals surface area contributed by atoms with Crippen molar-refractivity contribution in [2.75, 3.05) is 13.2 Å². The summed E-state index contributed by atoms with van der Waals surface area (Å²) in [7, 11) is 0. The molecular weight excluding hydrogens is 346 g/mol. The van der Waals surface area contributed by atoms with E-state index in [4.69, 9.17) is 14.8 Å². The number of nitrogens with one attached hydrogen (secondary N) is 2. The van der Waals surface area contributed by atoms with Crippen molar-refractivity contribution < 1.29 is 4.74 Å². The summed E-state index contributed by atoms with van der Waals surface area (Å²) in [5.74, 6) is 2.01. The van der Waals surface area contributed by atoms with E-state index in [1.54, 1.807) is 6.92 Å². The lowest BCUT2D eigenvalue weighted by molar-refractivity contribution is 0.0834. The number of hydrogen-bond acceptors (Lipinski definition) is 5. The summed E-state index contributed by atoms with van der Waals surface area (Å²) in [6.07, 6.45) is 8.13. The number of aromatic amines is 2. The minimum Gasteiger partial charge on any atom is -0.381 e. The molecule has 0 amide bonds. The minimum absolute atomic E-state index is 0.317. The summed E-state index contributed by atoms with van der Waals surface area (Å²) in [6, 6.07) is 0.344. The summed E-state index contributed by atoms with van der Waals surface area (Å²) in [5.41, 5.74) is 0.326. The van der Waals surface area contributed by atoms with Crippen molar-refractivity contribution in [3.63, 3.8) is 0 Å². The molecule has 8 nitrogen and oxygen atoms in total. The standard InChI is InChI=1S/C19H27N5O3/c1-12-15(18(25)22-19(26)20-12)11-16-21-17(13-7-9-27-10-8-13)23-24(16)14-5-3-2-4-6-14/h13-14H,2-11H2,1H3,(H2,20,22,25,26). The number of ether oxygens (including phenoxy) is 1. The van der Waals surface area contributed by atoms with Gasteiger partial charge in [0.15, 0.2) is 5.82 Å². The highest BCUT2D eigenvalue weighted by molar-refractivity contribution is 5.20. The second-order valence-corrected chi connectivity index (χ2v) is 7.70. The topological polar surface area (TPSA) is 106 Å². The molecule has 0 spiro atoms. The average Bonchev–Trinajstić information content (AvgIpc) is 3.10. The van der Waals surface area contributed by atoms with Gasteiger partial charge in [-0.3, -0.25) is 9.78 Å². The smallest absolute Gasteiger partial charge is 0.325 e. The van der Waals surface area contributed by atoms with Gasteiger partial charge in [-0.1, -0.05) is 19.3 Å². The Morgan fingerprint density at radius 1 is 1.07 bits per heavy atom. The summed E-state index contributed by atoms with van der Waals surface area (Å²) < 4.78 is 7.53. The molecule has 0 aromatic carbocycles. The fourth-order valence-corrected chi connectivity index (χ4v) is 4.24. The lowest BCUT2D eigenvalue weighted by Gasteiger charge is -2.23. The van der Waals surface area contributed by atoms with Gasteiger partial charge in [0.1, 0.15) is 5.82 Å². The fourth-order valence-electron chi connectivity index (χ4n) is 4.24. The molecule has 2 aromatic heterocycles. The van der Waals surface area contributed by atoms with Gasteiger partial charge in [-0.2, -0.15) is 5.10 Å². The largest absolute Gasteiger partial charge is 0.381 e. The van der Waals surface area contributed by atoms with Crippen LogP contribution in [0.4, 0.5) is 0 Å². The zero-order chi connectivity index (χ0) is 18.8. The molecule has 0 unspecified atom stereocenters. The normalized spacial score (nSPS) is 19.4. The molecule has 146 valence electrons. The van der Waals surface area contributed by atoms with E-state index in [1.165, 1.54) is 19.3 Å². The van der Waals surface area contributed by atoms with Crippen LogP contribution >= 0.6 is 0 Å². The first-order chi connectivity index (χ1) is 13.1. The third kappa shape index (κ3) is 3.90. The van der Waals surface area contributed by atoms with Gasteiger partial charge in [0.25, 0.3) is 5.56 Å². The molecule has 0 bridgehead atoms. The van der Waals surface area contributed by atoms with Crippen LogP contribution in [0.3, 0.4) is 0 Å². The molecule has 0 atom stereocenters. The summed E-state index contributed by atoms with van der Waals surface area (Å²) in [5, 5.41) is 4.90. The third-order valence-electron chi connectivity index (χ3n) is 5.82. The molecule has 1 saturated heterocycles. The molecule has 0 radical (unpaired) electrons. The molecule has 1 aliphatic heterocycles. The first kappa shape index (κ1) is 18.2. The molecule has 8 heteroatoms. The summed E-state index contributed by atoms with van der Waals surface area (Å²) in [6.45, 7) is 3.25. The lowest BCUT2D eigenvalue weighted by Crippen LogP contribution is -2.28. The first-order valence-corrected chi connectivity index (χ1v) is 9.97. The van der Waals surface area contributed by atoms with E-state index in [0.717, 1.165) is 50.5 Å². The Hall–Kier alpha value is -2.22. The Balaban J connectivity index is 1.70. The van der Waals surface area contributed by atoms with Crippen LogP contribution in [0.1, 0.15) is 79.8 Å². The second kappa shape index (κ2) is 7.80. The van der Waals surface area contributed by atoms with Crippen LogP contribution in [0.5, 0.6) is 0 Å². The van der Waals surface area contributed by atoms with Crippen molar-refractivity contribution in [1.29, 1.82) is 0 Å². The van der Waals surface area contributed by atoms with Crippen molar-refractivity contribution in [2.24, 2.45) is 0 Å². The predicted octanol–water partition coefficient (Wildman–Crippen LogP) is 1.95. The predicted molar refractivity (Wildman–Crippen MR) is 100 cm³/mol. The van der Waals surface area contributed by atoms with Crippen LogP contribution in [0.15, 0.2) is 9.59 Å². The molecule has 1 saturated carbocycles. The Morgan fingerprint density at radius 3 is 2.52 bits per heavy atom. The zero-order valence-electron chi connectivity index (χ0n) is 15.8. The van der Waals surface area contributed by atoms with Crippen molar-refractivity contribution in [1.82, 2.24) is 24.7 Å². The van der Waals surface area contributed by atoms with Crippen molar-refractivity contribution in [2.45, 2.75) is 70.3 Å². The molecule has 3 heterocycles. The molecule has 27 heavy (non-hydrogen) atoms. The fraction of sp³-hybridized carbons (Fsp3) is 0.684. The van der Waals surface area contributed by atoms with Crippen LogP contribution in [-0.4, -0.2) is 37.9 Å². The number of nitrogens with zero attached hydrogens (tertiary/aromatic N) is 3. The highest BCUT2D eigenvalue weighted by Gasteiger charge is 2.26. The molecule has 2 aliphatic rings. The third-order valence-corrected chi connectivity index (χ3v) is 5.82. The Morgan fingerprint density at radius 2 is 1.81 bits per heavy atom. The van der Waals surface area contributed by atoms with Gasteiger partial charge < -0.3 is 9.72 Å². The van der Waals surface area contributed by atoms with Crippen LogP contribution < -0.4 is 11.2 Å². The molecular formula is C19H27N5O3. The molecule has 2 fully saturated rings. The van der Waals surface area contributed by atoms with E-state index < -0.39 is 5.69 Å². The van der Waals surface area contributed by atoms with Crippen molar-refractivity contribution in [3.05, 3.63) is 43.7 Å². The van der Waals surface area contributed by atoms with Crippen LogP contribution in [-0.2, 0) is 11.2 Å². The van der Waals surface area contributed by atoms with Gasteiger partial charge in [-0.25, -0.2) is 14.5 Å². The minimum atomic E-state index is -0.474. The maximum absolute atomic E-state index is 12.3. The first-order valence-electron chi connectivity index (χ1n) is 9.97. The number of hydrogen-bond donors (Lipinski definition) is 2. The second-order valence-electron chi connectivity index (χ2n) is 7.70. The monoisotopic (exact) mass is 373 g/mol. The lowest BCUT2D eigenvalue weighted by atomic mass is 9.95. The van der Waals surface area contributed by atoms with Gasteiger partial charge >= 0.3 is 5.69 Å². The summed E-state index contributed by atoms with van der Waals surface area (Å²) >= 11 is 0. The van der Waals surface area contributed by atoms with Gasteiger partial charge in [-0.15, -0.1) is 0 Å². The maximum atomic E-state index is 12.3. The van der Waals surface area contributed by atoms with E-state index in [-0.39, 0.29) is 5.56 Å². The number of aromatic nitrogens is 5. The van der Waals surface area contributed by atoms with Gasteiger partial charge in [-0.05, 0) is 32.6 Å². The Bertz CT molecular complexity index is 901. The van der Waals surface area contributed by atoms with E-state index in [2.05, 4.69) is 14.6 Å². The average molecular weight is 373 g/mol. The van der Waals surface area contributed by atoms with E-state index in [0.29, 0.717) is 29.6 Å². The summed E-state index contributed by atoms with van der Waals surface area (Å²) in [4.78, 5) is 33.7. The number of aryl methyl sites for hydroxylation is 1. The maximum Gasteiger partial charge on any atom is 0.325 e.